The molecule has 2 heterocycles. The summed E-state index contributed by atoms with van der Waals surface area (Å²) in [5.74, 6) is 0.357. The molecule has 0 bridgehead atoms. The van der Waals surface area contributed by atoms with Gasteiger partial charge in [-0.3, -0.25) is 9.69 Å². The van der Waals surface area contributed by atoms with Crippen molar-refractivity contribution < 1.29 is 4.79 Å². The molecule has 3 N–H and O–H groups in total. The molecule has 1 fully saturated rings. The molecule has 21 heavy (non-hydrogen) atoms. The van der Waals surface area contributed by atoms with Crippen molar-refractivity contribution in [3.63, 3.8) is 0 Å². The Morgan fingerprint density at radius 2 is 2.29 bits per heavy atom. The first-order chi connectivity index (χ1) is 10.1. The number of hydrogen-bond donors (Lipinski definition) is 2. The quantitative estimate of drug-likeness (QED) is 0.843. The van der Waals surface area contributed by atoms with E-state index in [0.717, 1.165) is 18.8 Å². The van der Waals surface area contributed by atoms with E-state index in [1.165, 1.54) is 32.0 Å². The summed E-state index contributed by atoms with van der Waals surface area (Å²) in [6.45, 7) is 6.66. The van der Waals surface area contributed by atoms with Crippen LogP contribution in [0.3, 0.4) is 0 Å². The van der Waals surface area contributed by atoms with Gasteiger partial charge in [-0.25, -0.2) is 4.98 Å². The number of hydrogen-bond acceptors (Lipinski definition) is 4. The highest BCUT2D eigenvalue weighted by Gasteiger charge is 2.23. The molecule has 0 aliphatic carbocycles. The number of amides is 1. The summed E-state index contributed by atoms with van der Waals surface area (Å²) in [7, 11) is 0. The maximum absolute atomic E-state index is 11.0. The molecule has 5 nitrogen and oxygen atoms in total. The summed E-state index contributed by atoms with van der Waals surface area (Å²) in [4.78, 5) is 17.8. The van der Waals surface area contributed by atoms with E-state index >= 15 is 0 Å². The lowest BCUT2D eigenvalue weighted by molar-refractivity contribution is 0.1000. The summed E-state index contributed by atoms with van der Waals surface area (Å²) >= 11 is 0. The van der Waals surface area contributed by atoms with Gasteiger partial charge < -0.3 is 11.1 Å². The van der Waals surface area contributed by atoms with Gasteiger partial charge in [-0.15, -0.1) is 0 Å². The van der Waals surface area contributed by atoms with E-state index in [1.54, 1.807) is 12.1 Å². The first-order valence-corrected chi connectivity index (χ1v) is 7.83. The number of aromatic nitrogens is 1. The van der Waals surface area contributed by atoms with Crippen molar-refractivity contribution in [3.8, 4) is 0 Å². The lowest BCUT2D eigenvalue weighted by Gasteiger charge is -2.38. The first-order valence-electron chi connectivity index (χ1n) is 7.83. The van der Waals surface area contributed by atoms with Gasteiger partial charge in [0.25, 0.3) is 0 Å². The third kappa shape index (κ3) is 4.43. The van der Waals surface area contributed by atoms with Gasteiger partial charge >= 0.3 is 0 Å². The standard InChI is InChI=1S/C16H26N4O/c1-12(2)20-10-4-3-5-14(20)8-9-18-15-7-6-13(11-19-15)16(17)21/h6-7,11-12,14H,3-5,8-10H2,1-2H3,(H2,17,21)(H,18,19)/t14-/m1/s1. The third-order valence-electron chi connectivity index (χ3n) is 4.17. The normalized spacial score (nSPS) is 19.7. The molecule has 0 radical (unpaired) electrons. The molecule has 5 heteroatoms. The zero-order valence-electron chi connectivity index (χ0n) is 13.0. The molecule has 1 atom stereocenters. The summed E-state index contributed by atoms with van der Waals surface area (Å²) < 4.78 is 0. The average Bonchev–Trinajstić information content (AvgIpc) is 2.48. The predicted octanol–water partition coefficient (Wildman–Crippen LogP) is 2.25. The Hall–Kier alpha value is -1.62. The number of rotatable bonds is 6. The van der Waals surface area contributed by atoms with Gasteiger partial charge in [-0.1, -0.05) is 6.42 Å². The number of primary amides is 1. The minimum absolute atomic E-state index is 0.441. The summed E-state index contributed by atoms with van der Waals surface area (Å²) in [5.41, 5.74) is 5.64. The van der Waals surface area contributed by atoms with E-state index in [2.05, 4.69) is 29.0 Å². The molecule has 1 aliphatic rings. The first kappa shape index (κ1) is 15.8. The van der Waals surface area contributed by atoms with Crippen LogP contribution in [0.25, 0.3) is 0 Å². The molecule has 1 aromatic heterocycles. The van der Waals surface area contributed by atoms with Gasteiger partial charge in [0.1, 0.15) is 5.82 Å². The number of nitrogens with two attached hydrogens (primary N) is 1. The monoisotopic (exact) mass is 290 g/mol. The molecule has 116 valence electrons. The van der Waals surface area contributed by atoms with Crippen molar-refractivity contribution in [1.29, 1.82) is 0 Å². The second kappa shape index (κ2) is 7.41. The van der Waals surface area contributed by atoms with Crippen LogP contribution in [-0.4, -0.2) is 41.0 Å². The fraction of sp³-hybridized carbons (Fsp3) is 0.625. The van der Waals surface area contributed by atoms with Crippen molar-refractivity contribution in [2.75, 3.05) is 18.4 Å². The van der Waals surface area contributed by atoms with Crippen LogP contribution in [0.2, 0.25) is 0 Å². The van der Waals surface area contributed by atoms with Crippen molar-refractivity contribution in [1.82, 2.24) is 9.88 Å². The molecule has 1 aliphatic heterocycles. The Kier molecular flexibility index (Phi) is 5.56. The summed E-state index contributed by atoms with van der Waals surface area (Å²) in [6, 6.07) is 4.79. The molecule has 1 aromatic rings. The Bertz CT molecular complexity index is 458. The summed E-state index contributed by atoms with van der Waals surface area (Å²) in [5, 5.41) is 3.33. The number of likely N-dealkylation sites (tertiary alicyclic amines) is 1. The number of pyridine rings is 1. The fourth-order valence-electron chi connectivity index (χ4n) is 3.02. The van der Waals surface area contributed by atoms with E-state index in [1.807, 2.05) is 0 Å². The third-order valence-corrected chi connectivity index (χ3v) is 4.17. The topological polar surface area (TPSA) is 71.2 Å². The van der Waals surface area contributed by atoms with E-state index in [9.17, 15) is 4.79 Å². The van der Waals surface area contributed by atoms with Gasteiger partial charge in [0.15, 0.2) is 0 Å². The van der Waals surface area contributed by atoms with Crippen LogP contribution in [-0.2, 0) is 0 Å². The SMILES string of the molecule is CC(C)N1CCCC[C@@H]1CCNc1ccc(C(N)=O)cn1. The number of carbonyl (C=O) groups is 1. The maximum atomic E-state index is 11.0. The summed E-state index contributed by atoms with van der Waals surface area (Å²) in [6.07, 6.45) is 6.58. The number of piperidine rings is 1. The fourth-order valence-corrected chi connectivity index (χ4v) is 3.02. The number of carbonyl (C=O) groups excluding carboxylic acids is 1. The molecule has 0 saturated carbocycles. The van der Waals surface area contributed by atoms with Gasteiger partial charge in [-0.2, -0.15) is 0 Å². The molecule has 0 spiro atoms. The highest BCUT2D eigenvalue weighted by atomic mass is 16.1. The number of nitrogens with zero attached hydrogens (tertiary/aromatic N) is 2. The average molecular weight is 290 g/mol. The molecular weight excluding hydrogens is 264 g/mol. The second-order valence-corrected chi connectivity index (χ2v) is 5.99. The molecule has 0 unspecified atom stereocenters. The van der Waals surface area contributed by atoms with E-state index in [0.29, 0.717) is 17.6 Å². The smallest absolute Gasteiger partial charge is 0.250 e. The van der Waals surface area contributed by atoms with Crippen molar-refractivity contribution in [2.45, 2.75) is 51.6 Å². The van der Waals surface area contributed by atoms with Gasteiger partial charge in [0.05, 0.1) is 5.56 Å². The Morgan fingerprint density at radius 3 is 2.90 bits per heavy atom. The zero-order chi connectivity index (χ0) is 15.2. The largest absolute Gasteiger partial charge is 0.370 e. The van der Waals surface area contributed by atoms with Crippen LogP contribution >= 0.6 is 0 Å². The van der Waals surface area contributed by atoms with Crippen molar-refractivity contribution in [3.05, 3.63) is 23.9 Å². The Morgan fingerprint density at radius 1 is 1.48 bits per heavy atom. The molecule has 0 aromatic carbocycles. The number of nitrogens with one attached hydrogen (secondary N) is 1. The van der Waals surface area contributed by atoms with E-state index in [4.69, 9.17) is 5.73 Å². The van der Waals surface area contributed by atoms with Crippen LogP contribution < -0.4 is 11.1 Å². The minimum Gasteiger partial charge on any atom is -0.370 e. The van der Waals surface area contributed by atoms with E-state index in [-0.39, 0.29) is 0 Å². The van der Waals surface area contributed by atoms with Crippen LogP contribution in [0.4, 0.5) is 5.82 Å². The Balaban J connectivity index is 1.81. The Labute approximate surface area is 126 Å². The zero-order valence-corrected chi connectivity index (χ0v) is 13.0. The van der Waals surface area contributed by atoms with E-state index < -0.39 is 5.91 Å². The van der Waals surface area contributed by atoms with Crippen LogP contribution in [0, 0.1) is 0 Å². The maximum Gasteiger partial charge on any atom is 0.250 e. The number of anilines is 1. The van der Waals surface area contributed by atoms with Gasteiger partial charge in [-0.05, 0) is 51.8 Å². The molecule has 2 rings (SSSR count). The van der Waals surface area contributed by atoms with Crippen molar-refractivity contribution >= 4 is 11.7 Å². The van der Waals surface area contributed by atoms with Gasteiger partial charge in [0, 0.05) is 24.8 Å². The van der Waals surface area contributed by atoms with Crippen LogP contribution in [0.1, 0.15) is 49.9 Å². The highest BCUT2D eigenvalue weighted by Crippen LogP contribution is 2.21. The molecule has 1 amide bonds. The lowest BCUT2D eigenvalue weighted by Crippen LogP contribution is -2.44. The van der Waals surface area contributed by atoms with Crippen molar-refractivity contribution in [2.24, 2.45) is 5.73 Å². The molecule has 1 saturated heterocycles. The van der Waals surface area contributed by atoms with Crippen LogP contribution in [0.15, 0.2) is 18.3 Å². The molecular formula is C16H26N4O. The lowest BCUT2D eigenvalue weighted by atomic mass is 9.98. The minimum atomic E-state index is -0.441. The highest BCUT2D eigenvalue weighted by molar-refractivity contribution is 5.92. The van der Waals surface area contributed by atoms with Gasteiger partial charge in [0.2, 0.25) is 5.91 Å². The predicted molar refractivity (Wildman–Crippen MR) is 85.3 cm³/mol. The van der Waals surface area contributed by atoms with Crippen LogP contribution in [0.5, 0.6) is 0 Å². The second-order valence-electron chi connectivity index (χ2n) is 5.99.